The van der Waals surface area contributed by atoms with Crippen LogP contribution in [0.3, 0.4) is 0 Å². The molecule has 1 aromatic heterocycles. The fourth-order valence-electron chi connectivity index (χ4n) is 3.39. The van der Waals surface area contributed by atoms with Gasteiger partial charge in [-0.2, -0.15) is 0 Å². The normalized spacial score (nSPS) is 16.1. The average molecular weight is 441 g/mol. The monoisotopic (exact) mass is 441 g/mol. The van der Waals surface area contributed by atoms with Crippen LogP contribution in [0.15, 0.2) is 93.2 Å². The fraction of sp³-hybridized carbons (Fsp3) is 0. The summed E-state index contributed by atoms with van der Waals surface area (Å²) in [7, 11) is 0. The van der Waals surface area contributed by atoms with Gasteiger partial charge in [-0.05, 0) is 52.9 Å². The van der Waals surface area contributed by atoms with Gasteiger partial charge in [-0.1, -0.05) is 42.5 Å². The average Bonchev–Trinajstić information content (AvgIpc) is 3.40. The van der Waals surface area contributed by atoms with Crippen molar-refractivity contribution in [1.29, 1.82) is 0 Å². The highest BCUT2D eigenvalue weighted by Gasteiger charge is 2.25. The summed E-state index contributed by atoms with van der Waals surface area (Å²) in [5, 5.41) is 16.7. The Bertz CT molecular complexity index is 1440. The first kappa shape index (κ1) is 19.8. The number of para-hydroxylation sites is 1. The minimum atomic E-state index is -0.453. The molecule has 1 N–H and O–H groups in total. The number of hydrogen-bond donors (Lipinski definition) is 1. The van der Waals surface area contributed by atoms with Crippen molar-refractivity contribution in [2.75, 3.05) is 0 Å². The second-order valence-electron chi connectivity index (χ2n) is 6.99. The lowest BCUT2D eigenvalue weighted by molar-refractivity contribution is -0.384. The van der Waals surface area contributed by atoms with E-state index >= 15 is 0 Å². The minimum Gasteiger partial charge on any atom is -0.456 e. The number of aliphatic imine (C=N–C) groups is 1. The fourth-order valence-corrected chi connectivity index (χ4v) is 4.21. The van der Waals surface area contributed by atoms with Crippen molar-refractivity contribution in [2.24, 2.45) is 4.99 Å². The van der Waals surface area contributed by atoms with E-state index < -0.39 is 4.92 Å². The van der Waals surface area contributed by atoms with E-state index in [0.717, 1.165) is 16.5 Å². The third-order valence-electron chi connectivity index (χ3n) is 4.88. The molecule has 32 heavy (non-hydrogen) atoms. The summed E-state index contributed by atoms with van der Waals surface area (Å²) in [5.41, 5.74) is 1.08. The topological polar surface area (TPSA) is 97.7 Å². The lowest BCUT2D eigenvalue weighted by Crippen LogP contribution is -2.19. The molecular weight excluding hydrogens is 426 g/mol. The van der Waals surface area contributed by atoms with Crippen LogP contribution in [-0.4, -0.2) is 16.0 Å². The van der Waals surface area contributed by atoms with Gasteiger partial charge in [0.1, 0.15) is 11.5 Å². The van der Waals surface area contributed by atoms with Crippen LogP contribution in [0, 0.1) is 10.1 Å². The molecule has 8 heteroatoms. The van der Waals surface area contributed by atoms with Gasteiger partial charge >= 0.3 is 0 Å². The van der Waals surface area contributed by atoms with Crippen molar-refractivity contribution in [3.63, 3.8) is 0 Å². The van der Waals surface area contributed by atoms with Crippen molar-refractivity contribution < 1.29 is 14.1 Å². The number of nitro benzene ring substituents is 1. The summed E-state index contributed by atoms with van der Waals surface area (Å²) in [4.78, 5) is 28.2. The Hall–Kier alpha value is -4.17. The molecule has 7 nitrogen and oxygen atoms in total. The highest BCUT2D eigenvalue weighted by Crippen LogP contribution is 2.33. The number of carbonyl (C=O) groups excluding carboxylic acids is 1. The number of rotatable bonds is 4. The zero-order valence-corrected chi connectivity index (χ0v) is 17.3. The minimum absolute atomic E-state index is 0.0427. The molecule has 0 saturated carbocycles. The van der Waals surface area contributed by atoms with Crippen LogP contribution < -0.4 is 5.32 Å². The standard InChI is InChI=1S/C24H15N3O4S/c28-23-22(14-18-11-12-21(31-18)19-7-3-4-8-20(19)27(29)30)32-24(26-23)25-17-10-9-15-5-1-2-6-16(15)13-17/h1-14H,(H,25,26,28)/b22-14+. The van der Waals surface area contributed by atoms with Crippen LogP contribution in [0.5, 0.6) is 0 Å². The highest BCUT2D eigenvalue weighted by molar-refractivity contribution is 8.18. The Kier molecular flexibility index (Phi) is 5.04. The largest absolute Gasteiger partial charge is 0.456 e. The van der Waals surface area contributed by atoms with Crippen LogP contribution in [0.2, 0.25) is 0 Å². The lowest BCUT2D eigenvalue weighted by Gasteiger charge is -2.00. The number of nitrogens with zero attached hydrogens (tertiary/aromatic N) is 2. The molecule has 1 fully saturated rings. The molecule has 156 valence electrons. The number of fused-ring (bicyclic) bond motifs is 1. The summed E-state index contributed by atoms with van der Waals surface area (Å²) < 4.78 is 5.76. The number of amides is 1. The number of nitrogens with one attached hydrogen (secondary N) is 1. The molecule has 0 atom stereocenters. The van der Waals surface area contributed by atoms with Gasteiger partial charge in [0.15, 0.2) is 5.17 Å². The van der Waals surface area contributed by atoms with E-state index in [9.17, 15) is 14.9 Å². The van der Waals surface area contributed by atoms with E-state index in [0.29, 0.717) is 27.2 Å². The Labute approximate surface area is 186 Å². The third kappa shape index (κ3) is 3.91. The number of benzene rings is 3. The Morgan fingerprint density at radius 3 is 2.59 bits per heavy atom. The Balaban J connectivity index is 1.39. The van der Waals surface area contributed by atoms with E-state index in [1.807, 2.05) is 42.5 Å². The van der Waals surface area contributed by atoms with Gasteiger partial charge in [0.05, 0.1) is 21.1 Å². The summed E-state index contributed by atoms with van der Waals surface area (Å²) >= 11 is 1.21. The van der Waals surface area contributed by atoms with E-state index in [1.165, 1.54) is 17.8 Å². The molecule has 1 saturated heterocycles. The van der Waals surface area contributed by atoms with Gasteiger partial charge in [-0.15, -0.1) is 0 Å². The van der Waals surface area contributed by atoms with Crippen LogP contribution in [-0.2, 0) is 4.79 Å². The predicted molar refractivity (Wildman–Crippen MR) is 126 cm³/mol. The zero-order valence-electron chi connectivity index (χ0n) is 16.5. The number of amidine groups is 1. The number of furan rings is 1. The third-order valence-corrected chi connectivity index (χ3v) is 5.79. The van der Waals surface area contributed by atoms with Crippen molar-refractivity contribution in [2.45, 2.75) is 0 Å². The summed E-state index contributed by atoms with van der Waals surface area (Å²) in [5.74, 6) is 0.499. The van der Waals surface area contributed by atoms with Crippen molar-refractivity contribution >= 4 is 51.1 Å². The molecule has 0 bridgehead atoms. The number of hydrogen-bond acceptors (Lipinski definition) is 6. The van der Waals surface area contributed by atoms with Crippen LogP contribution in [0.4, 0.5) is 11.4 Å². The summed E-state index contributed by atoms with van der Waals surface area (Å²) in [6.07, 6.45) is 1.60. The first-order valence-corrected chi connectivity index (χ1v) is 10.5. The first-order valence-electron chi connectivity index (χ1n) is 9.69. The maximum atomic E-state index is 12.4. The number of carbonyl (C=O) groups is 1. The molecule has 1 aliphatic rings. The smallest absolute Gasteiger partial charge is 0.280 e. The number of nitro groups is 1. The van der Waals surface area contributed by atoms with Crippen molar-refractivity contribution in [3.05, 3.63) is 99.6 Å². The van der Waals surface area contributed by atoms with E-state index in [4.69, 9.17) is 4.42 Å². The van der Waals surface area contributed by atoms with Gasteiger partial charge in [0.25, 0.3) is 11.6 Å². The van der Waals surface area contributed by atoms with Crippen molar-refractivity contribution in [1.82, 2.24) is 5.32 Å². The molecule has 0 radical (unpaired) electrons. The van der Waals surface area contributed by atoms with Crippen LogP contribution >= 0.6 is 11.8 Å². The molecule has 2 heterocycles. The highest BCUT2D eigenvalue weighted by atomic mass is 32.2. The second-order valence-corrected chi connectivity index (χ2v) is 8.02. The Morgan fingerprint density at radius 2 is 1.75 bits per heavy atom. The SMILES string of the molecule is O=C1NC(=Nc2ccc3ccccc3c2)S/C1=C/c1ccc(-c2ccccc2[N+](=O)[O-])o1. The molecule has 0 aliphatic carbocycles. The molecule has 4 aromatic rings. The Morgan fingerprint density at radius 1 is 0.969 bits per heavy atom. The summed E-state index contributed by atoms with van der Waals surface area (Å²) in [6, 6.07) is 23.5. The lowest BCUT2D eigenvalue weighted by atomic mass is 10.1. The van der Waals surface area contributed by atoms with Gasteiger partial charge < -0.3 is 9.73 Å². The molecule has 0 spiro atoms. The van der Waals surface area contributed by atoms with E-state index in [-0.39, 0.29) is 11.6 Å². The molecule has 1 amide bonds. The van der Waals surface area contributed by atoms with Gasteiger partial charge in [0, 0.05) is 12.1 Å². The van der Waals surface area contributed by atoms with Gasteiger partial charge in [-0.3, -0.25) is 14.9 Å². The first-order chi connectivity index (χ1) is 15.6. The zero-order chi connectivity index (χ0) is 22.1. The van der Waals surface area contributed by atoms with E-state index in [2.05, 4.69) is 10.3 Å². The second kappa shape index (κ2) is 8.16. The van der Waals surface area contributed by atoms with Gasteiger partial charge in [0.2, 0.25) is 0 Å². The maximum Gasteiger partial charge on any atom is 0.280 e. The summed E-state index contributed by atoms with van der Waals surface area (Å²) in [6.45, 7) is 0. The van der Waals surface area contributed by atoms with Crippen molar-refractivity contribution in [3.8, 4) is 11.3 Å². The predicted octanol–water partition coefficient (Wildman–Crippen LogP) is 5.90. The van der Waals surface area contributed by atoms with Crippen LogP contribution in [0.25, 0.3) is 28.2 Å². The molecule has 0 unspecified atom stereocenters. The maximum absolute atomic E-state index is 12.4. The molecular formula is C24H15N3O4S. The molecule has 5 rings (SSSR count). The van der Waals surface area contributed by atoms with E-state index in [1.54, 1.807) is 36.4 Å². The van der Waals surface area contributed by atoms with Gasteiger partial charge in [-0.25, -0.2) is 4.99 Å². The molecule has 1 aliphatic heterocycles. The molecule has 3 aromatic carbocycles. The number of thioether (sulfide) groups is 1. The van der Waals surface area contributed by atoms with Crippen LogP contribution in [0.1, 0.15) is 5.76 Å². The quantitative estimate of drug-likeness (QED) is 0.242.